The Balaban J connectivity index is 3.90. The summed E-state index contributed by atoms with van der Waals surface area (Å²) in [6.07, 6.45) is 76.5. The monoisotopic (exact) mass is 1040 g/mol. The molecule has 0 aromatic rings. The molecule has 0 aromatic heterocycles. The molecule has 0 spiro atoms. The molecule has 10 heteroatoms. The predicted molar refractivity (Wildman–Crippen MR) is 312 cm³/mol. The van der Waals surface area contributed by atoms with Gasteiger partial charge in [-0.3, -0.25) is 18.6 Å². The summed E-state index contributed by atoms with van der Waals surface area (Å²) in [6, 6.07) is 0. The van der Waals surface area contributed by atoms with E-state index in [0.29, 0.717) is 6.42 Å². The van der Waals surface area contributed by atoms with E-state index in [2.05, 4.69) is 98.9 Å². The number of carbonyl (C=O) groups excluding carboxylic acids is 2. The van der Waals surface area contributed by atoms with E-state index in [1.807, 2.05) is 0 Å². The summed E-state index contributed by atoms with van der Waals surface area (Å²) >= 11 is 0. The van der Waals surface area contributed by atoms with Gasteiger partial charge in [0.1, 0.15) is 6.61 Å². The molecule has 0 saturated heterocycles. The predicted octanol–water partition coefficient (Wildman–Crippen LogP) is 19.1. The van der Waals surface area contributed by atoms with Crippen LogP contribution in [0, 0.1) is 0 Å². The molecule has 0 radical (unpaired) electrons. The van der Waals surface area contributed by atoms with Crippen molar-refractivity contribution >= 4 is 19.8 Å². The number of rotatable bonds is 56. The van der Waals surface area contributed by atoms with Crippen molar-refractivity contribution in [1.82, 2.24) is 0 Å². The molecule has 0 aliphatic carbocycles. The summed E-state index contributed by atoms with van der Waals surface area (Å²) in [6.45, 7) is 3.64. The van der Waals surface area contributed by atoms with Crippen LogP contribution in [-0.2, 0) is 32.7 Å². The Morgan fingerprint density at radius 3 is 1.14 bits per heavy atom. The second kappa shape index (κ2) is 58.5. The number of hydrogen-bond acceptors (Lipinski definition) is 8. The van der Waals surface area contributed by atoms with Crippen LogP contribution in [0.2, 0.25) is 0 Å². The minimum absolute atomic E-state index is 0.0513. The van der Waals surface area contributed by atoms with Crippen molar-refractivity contribution in [2.75, 3.05) is 26.4 Å². The van der Waals surface area contributed by atoms with Gasteiger partial charge in [0.25, 0.3) is 0 Å². The van der Waals surface area contributed by atoms with Crippen LogP contribution >= 0.6 is 7.82 Å². The molecule has 73 heavy (non-hydrogen) atoms. The Bertz CT molecular complexity index is 1470. The van der Waals surface area contributed by atoms with Gasteiger partial charge in [0, 0.05) is 19.4 Å². The molecular weight excluding hydrogens is 930 g/mol. The average Bonchev–Trinajstić information content (AvgIpc) is 3.38. The molecular formula is C63H112NO8P. The fourth-order valence-electron chi connectivity index (χ4n) is 8.34. The van der Waals surface area contributed by atoms with Crippen molar-refractivity contribution in [2.24, 2.45) is 5.73 Å². The van der Waals surface area contributed by atoms with Gasteiger partial charge >= 0.3 is 19.8 Å². The number of carbonyl (C=O) groups is 2. The Hall–Kier alpha value is -2.81. The Kier molecular flexibility index (Phi) is 56.2. The average molecular weight is 1040 g/mol. The van der Waals surface area contributed by atoms with Crippen LogP contribution < -0.4 is 5.73 Å². The molecule has 422 valence electrons. The lowest BCUT2D eigenvalue weighted by Crippen LogP contribution is -2.29. The Labute approximate surface area is 449 Å². The number of unbranched alkanes of at least 4 members (excludes halogenated alkanes) is 29. The maximum atomic E-state index is 12.7. The highest BCUT2D eigenvalue weighted by Crippen LogP contribution is 2.43. The van der Waals surface area contributed by atoms with Crippen LogP contribution in [-0.4, -0.2) is 49.3 Å². The number of phosphoric acid groups is 1. The van der Waals surface area contributed by atoms with Gasteiger partial charge in [-0.2, -0.15) is 0 Å². The second-order valence-corrected chi connectivity index (χ2v) is 21.3. The van der Waals surface area contributed by atoms with Gasteiger partial charge in [0.05, 0.1) is 13.2 Å². The molecule has 9 nitrogen and oxygen atoms in total. The topological polar surface area (TPSA) is 134 Å². The zero-order valence-electron chi connectivity index (χ0n) is 47.1. The van der Waals surface area contributed by atoms with E-state index in [9.17, 15) is 19.0 Å². The van der Waals surface area contributed by atoms with Crippen LogP contribution in [0.5, 0.6) is 0 Å². The normalized spacial score (nSPS) is 13.6. The van der Waals surface area contributed by atoms with Crippen molar-refractivity contribution in [3.8, 4) is 0 Å². The molecule has 0 aromatic carbocycles. The first-order chi connectivity index (χ1) is 35.8. The lowest BCUT2D eigenvalue weighted by atomic mass is 10.0. The SMILES string of the molecule is CC/C=C\C/C=C\C/C=C\C/C=C\C/C=C\C/C=C\CCCCCCCCCCCCCCCCCCC(=O)OC(COC(=O)CCCCCCCCC/C=C\CCCCCCCC)COP(=O)(O)OCCN. The van der Waals surface area contributed by atoms with Crippen molar-refractivity contribution in [3.05, 3.63) is 85.1 Å². The van der Waals surface area contributed by atoms with Crippen LogP contribution in [0.15, 0.2) is 85.1 Å². The molecule has 2 atom stereocenters. The first-order valence-corrected chi connectivity index (χ1v) is 31.6. The molecule has 0 heterocycles. The van der Waals surface area contributed by atoms with Crippen molar-refractivity contribution in [1.29, 1.82) is 0 Å². The zero-order valence-corrected chi connectivity index (χ0v) is 48.0. The van der Waals surface area contributed by atoms with E-state index < -0.39 is 26.5 Å². The Morgan fingerprint density at radius 2 is 0.753 bits per heavy atom. The fraction of sp³-hybridized carbons (Fsp3) is 0.746. The van der Waals surface area contributed by atoms with Gasteiger partial charge in [-0.15, -0.1) is 0 Å². The first kappa shape index (κ1) is 70.2. The summed E-state index contributed by atoms with van der Waals surface area (Å²) in [5, 5.41) is 0. The highest BCUT2D eigenvalue weighted by Gasteiger charge is 2.26. The van der Waals surface area contributed by atoms with Gasteiger partial charge in [0.2, 0.25) is 0 Å². The third-order valence-electron chi connectivity index (χ3n) is 12.8. The minimum Gasteiger partial charge on any atom is -0.462 e. The molecule has 3 N–H and O–H groups in total. The van der Waals surface area contributed by atoms with E-state index in [0.717, 1.165) is 89.9 Å². The van der Waals surface area contributed by atoms with Gasteiger partial charge in [-0.25, -0.2) is 4.57 Å². The van der Waals surface area contributed by atoms with Crippen molar-refractivity contribution < 1.29 is 37.6 Å². The number of hydrogen-bond donors (Lipinski definition) is 2. The van der Waals surface area contributed by atoms with Gasteiger partial charge in [-0.05, 0) is 89.9 Å². The molecule has 0 saturated carbocycles. The molecule has 0 bridgehead atoms. The van der Waals surface area contributed by atoms with Gasteiger partial charge in [0.15, 0.2) is 6.10 Å². The standard InChI is InChI=1S/C63H112NO8P/c1-3-5-7-9-11-13-15-17-19-21-22-23-24-25-26-27-28-29-30-31-32-33-34-35-36-37-38-40-42-44-46-48-50-52-54-56-63(66)72-61(60-71-73(67,68)70-58-57-64)59-69-62(65)55-53-51-49-47-45-43-41-39-20-18-16-14-12-10-8-6-4-2/h5,7,11,13,17-20,22-23,25-26,28-29,61H,3-4,6,8-10,12,14-16,21,24,27,30-60,64H2,1-2H3,(H,67,68)/b7-5-,13-11-,19-17-,20-18-,23-22-,26-25-,29-28-. The minimum atomic E-state index is -4.39. The molecule has 0 aliphatic heterocycles. The quantitative estimate of drug-likeness (QED) is 0.0264. The van der Waals surface area contributed by atoms with E-state index in [1.165, 1.54) is 148 Å². The van der Waals surface area contributed by atoms with Crippen molar-refractivity contribution in [3.63, 3.8) is 0 Å². The largest absolute Gasteiger partial charge is 0.472 e. The van der Waals surface area contributed by atoms with E-state index >= 15 is 0 Å². The summed E-state index contributed by atoms with van der Waals surface area (Å²) in [7, 11) is -4.39. The fourth-order valence-corrected chi connectivity index (χ4v) is 9.11. The lowest BCUT2D eigenvalue weighted by Gasteiger charge is -2.19. The molecule has 0 rings (SSSR count). The first-order valence-electron chi connectivity index (χ1n) is 30.1. The molecule has 0 aliphatic rings. The van der Waals surface area contributed by atoms with Gasteiger partial charge < -0.3 is 20.1 Å². The smallest absolute Gasteiger partial charge is 0.462 e. The summed E-state index contributed by atoms with van der Waals surface area (Å²) in [4.78, 5) is 35.2. The van der Waals surface area contributed by atoms with E-state index in [-0.39, 0.29) is 38.6 Å². The number of ether oxygens (including phenoxy) is 2. The number of phosphoric ester groups is 1. The molecule has 0 fully saturated rings. The number of esters is 2. The van der Waals surface area contributed by atoms with E-state index in [4.69, 9.17) is 24.3 Å². The van der Waals surface area contributed by atoms with E-state index in [1.54, 1.807) is 0 Å². The van der Waals surface area contributed by atoms with Crippen molar-refractivity contribution in [2.45, 2.75) is 277 Å². The summed E-state index contributed by atoms with van der Waals surface area (Å²) in [5.41, 5.74) is 5.38. The zero-order chi connectivity index (χ0) is 53.1. The second-order valence-electron chi connectivity index (χ2n) is 19.8. The molecule has 0 amide bonds. The van der Waals surface area contributed by atoms with Crippen LogP contribution in [0.25, 0.3) is 0 Å². The summed E-state index contributed by atoms with van der Waals surface area (Å²) in [5.74, 6) is -0.827. The summed E-state index contributed by atoms with van der Waals surface area (Å²) < 4.78 is 33.0. The van der Waals surface area contributed by atoms with Gasteiger partial charge in [-0.1, -0.05) is 253 Å². The maximum absolute atomic E-state index is 12.7. The third-order valence-corrected chi connectivity index (χ3v) is 13.7. The highest BCUT2D eigenvalue weighted by molar-refractivity contribution is 7.47. The van der Waals surface area contributed by atoms with Crippen LogP contribution in [0.3, 0.4) is 0 Å². The molecule has 2 unspecified atom stereocenters. The highest BCUT2D eigenvalue weighted by atomic mass is 31.2. The number of allylic oxidation sites excluding steroid dienone is 14. The lowest BCUT2D eigenvalue weighted by molar-refractivity contribution is -0.161. The van der Waals surface area contributed by atoms with Crippen LogP contribution in [0.4, 0.5) is 0 Å². The maximum Gasteiger partial charge on any atom is 0.472 e. The van der Waals surface area contributed by atoms with Crippen LogP contribution in [0.1, 0.15) is 271 Å². The number of nitrogens with two attached hydrogens (primary N) is 1. The Morgan fingerprint density at radius 1 is 0.425 bits per heavy atom. The third kappa shape index (κ3) is 58.3.